The molecule has 13 rings (SSSR count). The summed E-state index contributed by atoms with van der Waals surface area (Å²) in [6, 6.07) is 64.1. The first kappa shape index (κ1) is 51.6. The number of nitrogens with zero attached hydrogens (tertiary/aromatic N) is 3. The first-order valence-electron chi connectivity index (χ1n) is 29.7. The first-order valence-corrected chi connectivity index (χ1v) is 29.7. The van der Waals surface area contributed by atoms with E-state index in [9.17, 15) is 0 Å². The summed E-state index contributed by atoms with van der Waals surface area (Å²) in [6.45, 7) is 36.9. The van der Waals surface area contributed by atoms with Crippen molar-refractivity contribution in [2.24, 2.45) is 0 Å². The summed E-state index contributed by atoms with van der Waals surface area (Å²) in [4.78, 5) is 7.95. The molecule has 2 heterocycles. The molecule has 0 spiro atoms. The van der Waals surface area contributed by atoms with E-state index >= 15 is 0 Å². The lowest BCUT2D eigenvalue weighted by atomic mass is 9.33. The fourth-order valence-corrected chi connectivity index (χ4v) is 15.8. The number of fused-ring (bicyclic) bond motifs is 7. The maximum atomic E-state index is 2.76. The molecule has 0 saturated carbocycles. The van der Waals surface area contributed by atoms with Gasteiger partial charge < -0.3 is 14.7 Å². The van der Waals surface area contributed by atoms with Crippen LogP contribution >= 0.6 is 0 Å². The summed E-state index contributed by atoms with van der Waals surface area (Å²) < 4.78 is 0. The van der Waals surface area contributed by atoms with Crippen molar-refractivity contribution in [3.8, 4) is 0 Å². The lowest BCUT2D eigenvalue weighted by Gasteiger charge is -2.47. The third kappa shape index (κ3) is 7.95. The van der Waals surface area contributed by atoms with Gasteiger partial charge in [0.05, 0.1) is 5.69 Å². The Morgan fingerprint density at radius 2 is 0.848 bits per heavy atom. The zero-order valence-electron chi connectivity index (χ0n) is 50.0. The summed E-state index contributed by atoms with van der Waals surface area (Å²) in [5.74, 6) is 0. The Labute approximate surface area is 474 Å². The maximum absolute atomic E-state index is 2.76. The number of para-hydroxylation sites is 2. The molecule has 0 atom stereocenters. The minimum atomic E-state index is -0.254. The molecule has 5 aliphatic rings. The van der Waals surface area contributed by atoms with Gasteiger partial charge in [-0.2, -0.15) is 0 Å². The van der Waals surface area contributed by atoms with Crippen LogP contribution < -0.4 is 31.1 Å². The highest BCUT2D eigenvalue weighted by Crippen LogP contribution is 2.56. The SMILES string of the molecule is Cc1cc2c(cc1N1c3cc4c(cc3B3c5cc(C(C)(C)c6ccccc6)ccc5N(c5ccc6c(c5)C(C)(C)CCC6(C)C)c5cc(N(c6ccccc6)c6ccccc6)cc1c53)C(C)(C)CC4(C)C)C(C)(C)CCC2(C)C. The number of hydrogen-bond donors (Lipinski definition) is 0. The Morgan fingerprint density at radius 1 is 0.380 bits per heavy atom. The Bertz CT molecular complexity index is 3720. The molecule has 8 aromatic rings. The molecule has 400 valence electrons. The van der Waals surface area contributed by atoms with Gasteiger partial charge in [0.1, 0.15) is 0 Å². The molecule has 0 unspecified atom stereocenters. The Balaban J connectivity index is 1.20. The summed E-state index contributed by atoms with van der Waals surface area (Å²) in [5.41, 5.74) is 27.8. The predicted octanol–water partition coefficient (Wildman–Crippen LogP) is 18.5. The van der Waals surface area contributed by atoms with Crippen LogP contribution in [0.15, 0.2) is 164 Å². The zero-order chi connectivity index (χ0) is 55.6. The molecule has 0 amide bonds. The van der Waals surface area contributed by atoms with Gasteiger partial charge in [0, 0.05) is 50.9 Å². The van der Waals surface area contributed by atoms with Crippen LogP contribution in [0.3, 0.4) is 0 Å². The van der Waals surface area contributed by atoms with Crippen molar-refractivity contribution in [1.82, 2.24) is 0 Å². The van der Waals surface area contributed by atoms with Crippen LogP contribution in [0.4, 0.5) is 51.2 Å². The second kappa shape index (κ2) is 17.4. The maximum Gasteiger partial charge on any atom is 0.252 e. The van der Waals surface area contributed by atoms with E-state index in [4.69, 9.17) is 0 Å². The van der Waals surface area contributed by atoms with Crippen molar-refractivity contribution in [3.05, 3.63) is 214 Å². The predicted molar refractivity (Wildman–Crippen MR) is 340 cm³/mol. The van der Waals surface area contributed by atoms with E-state index in [2.05, 4.69) is 282 Å². The van der Waals surface area contributed by atoms with Gasteiger partial charge in [-0.3, -0.25) is 0 Å². The standard InChI is InChI=1S/C75H82BN3/c1-48-39-56-59(72(8,9)38-37-70(56,4)5)45-64(48)79-65-46-60-58(73(10,11)47-74(60,12)13)44-62(65)76-61-40-50(75(14,15)49-25-19-16-20-26-49)31-34-63(61)78(53-32-33-55-57(41-53)71(6,7)36-35-69(55,2)3)66-42-54(43-67(79)68(66)76)77(51-27-21-17-22-28-51)52-29-23-18-24-30-52/h16-34,39-46H,35-38,47H2,1-15H3. The van der Waals surface area contributed by atoms with Crippen LogP contribution in [0.2, 0.25) is 0 Å². The third-order valence-corrected chi connectivity index (χ3v) is 20.5. The highest BCUT2D eigenvalue weighted by Gasteiger charge is 2.50. The second-order valence-corrected chi connectivity index (χ2v) is 29.1. The van der Waals surface area contributed by atoms with E-state index in [1.807, 2.05) is 0 Å². The highest BCUT2D eigenvalue weighted by atomic mass is 15.2. The molecule has 4 heteroatoms. The number of anilines is 9. The van der Waals surface area contributed by atoms with E-state index in [0.717, 1.165) is 36.3 Å². The van der Waals surface area contributed by atoms with Gasteiger partial charge in [-0.05, 0) is 205 Å². The smallest absolute Gasteiger partial charge is 0.252 e. The van der Waals surface area contributed by atoms with Gasteiger partial charge in [0.25, 0.3) is 6.71 Å². The number of benzene rings is 8. The highest BCUT2D eigenvalue weighted by molar-refractivity contribution is 7.00. The monoisotopic (exact) mass is 1040 g/mol. The van der Waals surface area contributed by atoms with Gasteiger partial charge in [-0.1, -0.05) is 194 Å². The van der Waals surface area contributed by atoms with Crippen LogP contribution in [-0.2, 0) is 37.9 Å². The quantitative estimate of drug-likeness (QED) is 0.147. The summed E-state index contributed by atoms with van der Waals surface area (Å²) in [6.07, 6.45) is 5.76. The van der Waals surface area contributed by atoms with E-state index < -0.39 is 0 Å². The Kier molecular flexibility index (Phi) is 11.4. The molecule has 8 aromatic carbocycles. The van der Waals surface area contributed by atoms with E-state index in [1.165, 1.54) is 113 Å². The van der Waals surface area contributed by atoms with Crippen LogP contribution in [0.1, 0.15) is 179 Å². The molecule has 0 fully saturated rings. The first-order chi connectivity index (χ1) is 37.3. The summed E-state index contributed by atoms with van der Waals surface area (Å²) in [7, 11) is 0. The average Bonchev–Trinajstić information content (AvgIpc) is 3.88. The molecule has 0 N–H and O–H groups in total. The van der Waals surface area contributed by atoms with Crippen molar-refractivity contribution in [3.63, 3.8) is 0 Å². The minimum absolute atomic E-state index is 0.000733. The van der Waals surface area contributed by atoms with Gasteiger partial charge in [-0.25, -0.2) is 0 Å². The molecular formula is C75H82BN3. The Morgan fingerprint density at radius 3 is 1.43 bits per heavy atom. The lowest BCUT2D eigenvalue weighted by Crippen LogP contribution is -2.62. The van der Waals surface area contributed by atoms with Crippen molar-refractivity contribution < 1.29 is 0 Å². The van der Waals surface area contributed by atoms with E-state index in [0.29, 0.717) is 0 Å². The van der Waals surface area contributed by atoms with Crippen molar-refractivity contribution >= 4 is 74.3 Å². The lowest BCUT2D eigenvalue weighted by molar-refractivity contribution is 0.332. The normalized spacial score (nSPS) is 19.1. The molecular weight excluding hydrogens is 954 g/mol. The van der Waals surface area contributed by atoms with Gasteiger partial charge in [-0.15, -0.1) is 0 Å². The fraction of sp³-hybridized carbons (Fsp3) is 0.360. The molecule has 79 heavy (non-hydrogen) atoms. The largest absolute Gasteiger partial charge is 0.311 e. The van der Waals surface area contributed by atoms with Crippen molar-refractivity contribution in [1.29, 1.82) is 0 Å². The average molecular weight is 1040 g/mol. The molecule has 3 nitrogen and oxygen atoms in total. The Hall–Kier alpha value is -6.78. The summed E-state index contributed by atoms with van der Waals surface area (Å²) in [5, 5.41) is 0. The molecule has 0 aromatic heterocycles. The molecule has 2 aliphatic heterocycles. The van der Waals surface area contributed by atoms with E-state index in [1.54, 1.807) is 0 Å². The van der Waals surface area contributed by atoms with Crippen LogP contribution in [0, 0.1) is 6.92 Å². The minimum Gasteiger partial charge on any atom is -0.311 e. The number of rotatable bonds is 7. The van der Waals surface area contributed by atoms with Crippen LogP contribution in [0.5, 0.6) is 0 Å². The topological polar surface area (TPSA) is 9.72 Å². The van der Waals surface area contributed by atoms with Gasteiger partial charge in [0.2, 0.25) is 0 Å². The second-order valence-electron chi connectivity index (χ2n) is 29.1. The van der Waals surface area contributed by atoms with E-state index in [-0.39, 0.29) is 44.6 Å². The molecule has 0 radical (unpaired) electrons. The molecule has 3 aliphatic carbocycles. The molecule has 0 saturated heterocycles. The van der Waals surface area contributed by atoms with Crippen molar-refractivity contribution in [2.45, 2.75) is 174 Å². The fourth-order valence-electron chi connectivity index (χ4n) is 15.8. The van der Waals surface area contributed by atoms with Crippen LogP contribution in [0.25, 0.3) is 0 Å². The molecule has 0 bridgehead atoms. The zero-order valence-corrected chi connectivity index (χ0v) is 50.0. The van der Waals surface area contributed by atoms with Crippen LogP contribution in [-0.4, -0.2) is 6.71 Å². The summed E-state index contributed by atoms with van der Waals surface area (Å²) >= 11 is 0. The van der Waals surface area contributed by atoms with Crippen molar-refractivity contribution in [2.75, 3.05) is 14.7 Å². The third-order valence-electron chi connectivity index (χ3n) is 20.5. The number of aryl methyl sites for hydroxylation is 1. The number of hydrogen-bond acceptors (Lipinski definition) is 3. The van der Waals surface area contributed by atoms with Gasteiger partial charge in [0.15, 0.2) is 0 Å². The van der Waals surface area contributed by atoms with Gasteiger partial charge >= 0.3 is 0 Å².